The third-order valence-electron chi connectivity index (χ3n) is 3.99. The normalized spacial score (nSPS) is 16.5. The molecule has 1 N–H and O–H groups in total. The first-order valence-electron chi connectivity index (χ1n) is 7.31. The number of hydrogen-bond donors (Lipinski definition) is 1. The Balaban J connectivity index is 1.93. The Bertz CT molecular complexity index is 440. The van der Waals surface area contributed by atoms with Gasteiger partial charge in [0.2, 0.25) is 5.91 Å². The Morgan fingerprint density at radius 3 is 2.60 bits per heavy atom. The standard InChI is InChI=1S/C16H22BrNO2/c1-2-20-12-4-11-18-15(19)16(9-3-10-16)13-5-7-14(17)8-6-13/h5-8H,2-4,9-12H2,1H3,(H,18,19). The van der Waals surface area contributed by atoms with Gasteiger partial charge in [0.15, 0.2) is 0 Å². The highest BCUT2D eigenvalue weighted by atomic mass is 79.9. The largest absolute Gasteiger partial charge is 0.382 e. The van der Waals surface area contributed by atoms with Gasteiger partial charge in [-0.1, -0.05) is 34.5 Å². The van der Waals surface area contributed by atoms with Gasteiger partial charge in [-0.25, -0.2) is 0 Å². The maximum Gasteiger partial charge on any atom is 0.230 e. The zero-order valence-electron chi connectivity index (χ0n) is 12.0. The summed E-state index contributed by atoms with van der Waals surface area (Å²) in [6.07, 6.45) is 3.90. The average Bonchev–Trinajstić information content (AvgIpc) is 2.39. The van der Waals surface area contributed by atoms with Crippen LogP contribution in [0.4, 0.5) is 0 Å². The zero-order valence-corrected chi connectivity index (χ0v) is 13.5. The summed E-state index contributed by atoms with van der Waals surface area (Å²) >= 11 is 3.44. The first-order chi connectivity index (χ1) is 9.69. The second-order valence-electron chi connectivity index (χ2n) is 5.25. The van der Waals surface area contributed by atoms with Crippen LogP contribution in [-0.2, 0) is 14.9 Å². The molecule has 0 atom stereocenters. The molecule has 0 aromatic heterocycles. The zero-order chi connectivity index (χ0) is 14.4. The minimum absolute atomic E-state index is 0.169. The fraction of sp³-hybridized carbons (Fsp3) is 0.562. The van der Waals surface area contributed by atoms with Crippen molar-refractivity contribution in [2.45, 2.75) is 38.0 Å². The van der Waals surface area contributed by atoms with Crippen LogP contribution in [0.25, 0.3) is 0 Å². The lowest BCUT2D eigenvalue weighted by Crippen LogP contribution is -2.49. The van der Waals surface area contributed by atoms with Crippen LogP contribution in [0, 0.1) is 0 Å². The lowest BCUT2D eigenvalue weighted by atomic mass is 9.64. The van der Waals surface area contributed by atoms with E-state index >= 15 is 0 Å². The molecule has 20 heavy (non-hydrogen) atoms. The second-order valence-corrected chi connectivity index (χ2v) is 6.16. The number of ether oxygens (including phenoxy) is 1. The molecule has 1 aromatic rings. The van der Waals surface area contributed by atoms with E-state index in [1.54, 1.807) is 0 Å². The molecule has 0 bridgehead atoms. The SMILES string of the molecule is CCOCCCNC(=O)C1(c2ccc(Br)cc2)CCC1. The maximum atomic E-state index is 12.5. The quantitative estimate of drug-likeness (QED) is 0.773. The Kier molecular flexibility index (Phi) is 5.61. The molecule has 1 fully saturated rings. The predicted octanol–water partition coefficient (Wildman–Crippen LogP) is 3.41. The molecular weight excluding hydrogens is 318 g/mol. The Morgan fingerprint density at radius 2 is 2.05 bits per heavy atom. The minimum atomic E-state index is -0.299. The van der Waals surface area contributed by atoms with E-state index in [0.717, 1.165) is 42.3 Å². The molecule has 4 heteroatoms. The smallest absolute Gasteiger partial charge is 0.230 e. The molecule has 1 aliphatic rings. The molecule has 1 aliphatic carbocycles. The first-order valence-corrected chi connectivity index (χ1v) is 8.10. The fourth-order valence-corrected chi connectivity index (χ4v) is 2.90. The van der Waals surface area contributed by atoms with E-state index in [1.807, 2.05) is 19.1 Å². The molecule has 0 aliphatic heterocycles. The van der Waals surface area contributed by atoms with Gasteiger partial charge in [-0.3, -0.25) is 4.79 Å². The summed E-state index contributed by atoms with van der Waals surface area (Å²) in [7, 11) is 0. The summed E-state index contributed by atoms with van der Waals surface area (Å²) < 4.78 is 6.33. The molecule has 1 amide bonds. The van der Waals surface area contributed by atoms with Crippen molar-refractivity contribution in [3.8, 4) is 0 Å². The first kappa shape index (κ1) is 15.5. The van der Waals surface area contributed by atoms with Gasteiger partial charge in [-0.05, 0) is 43.9 Å². The van der Waals surface area contributed by atoms with E-state index in [-0.39, 0.29) is 11.3 Å². The van der Waals surface area contributed by atoms with Crippen molar-refractivity contribution in [2.75, 3.05) is 19.8 Å². The van der Waals surface area contributed by atoms with Crippen LogP contribution in [0.1, 0.15) is 38.2 Å². The molecule has 0 heterocycles. The van der Waals surface area contributed by atoms with Crippen molar-refractivity contribution < 1.29 is 9.53 Å². The average molecular weight is 340 g/mol. The lowest BCUT2D eigenvalue weighted by Gasteiger charge is -2.40. The molecular formula is C16H22BrNO2. The molecule has 1 aromatic carbocycles. The highest BCUT2D eigenvalue weighted by molar-refractivity contribution is 9.10. The number of benzene rings is 1. The lowest BCUT2D eigenvalue weighted by molar-refractivity contribution is -0.129. The van der Waals surface area contributed by atoms with Crippen LogP contribution < -0.4 is 5.32 Å². The Morgan fingerprint density at radius 1 is 1.35 bits per heavy atom. The van der Waals surface area contributed by atoms with E-state index in [9.17, 15) is 4.79 Å². The van der Waals surface area contributed by atoms with Crippen LogP contribution in [0.15, 0.2) is 28.7 Å². The van der Waals surface area contributed by atoms with Crippen LogP contribution in [-0.4, -0.2) is 25.7 Å². The third kappa shape index (κ3) is 3.41. The summed E-state index contributed by atoms with van der Waals surface area (Å²) in [4.78, 5) is 12.5. The number of amides is 1. The fourth-order valence-electron chi connectivity index (χ4n) is 2.64. The van der Waals surface area contributed by atoms with Gasteiger partial charge in [-0.2, -0.15) is 0 Å². The summed E-state index contributed by atoms with van der Waals surface area (Å²) in [5.74, 6) is 0.169. The van der Waals surface area contributed by atoms with Crippen molar-refractivity contribution in [2.24, 2.45) is 0 Å². The Hall–Kier alpha value is -0.870. The van der Waals surface area contributed by atoms with Crippen LogP contribution in [0.3, 0.4) is 0 Å². The maximum absolute atomic E-state index is 12.5. The van der Waals surface area contributed by atoms with E-state index in [2.05, 4.69) is 33.4 Å². The van der Waals surface area contributed by atoms with E-state index < -0.39 is 0 Å². The minimum Gasteiger partial charge on any atom is -0.382 e. The van der Waals surface area contributed by atoms with Gasteiger partial charge in [-0.15, -0.1) is 0 Å². The highest BCUT2D eigenvalue weighted by Gasteiger charge is 2.45. The molecule has 1 saturated carbocycles. The van der Waals surface area contributed by atoms with Crippen molar-refractivity contribution in [3.63, 3.8) is 0 Å². The van der Waals surface area contributed by atoms with Crippen LogP contribution in [0.2, 0.25) is 0 Å². The molecule has 110 valence electrons. The summed E-state index contributed by atoms with van der Waals surface area (Å²) in [6, 6.07) is 8.14. The monoisotopic (exact) mass is 339 g/mol. The van der Waals surface area contributed by atoms with Gasteiger partial charge < -0.3 is 10.1 Å². The number of carbonyl (C=O) groups is 1. The van der Waals surface area contributed by atoms with E-state index in [4.69, 9.17) is 4.74 Å². The second kappa shape index (κ2) is 7.23. The van der Waals surface area contributed by atoms with Crippen molar-refractivity contribution >= 4 is 21.8 Å². The summed E-state index contributed by atoms with van der Waals surface area (Å²) in [6.45, 7) is 4.12. The van der Waals surface area contributed by atoms with Crippen LogP contribution >= 0.6 is 15.9 Å². The highest BCUT2D eigenvalue weighted by Crippen LogP contribution is 2.44. The van der Waals surface area contributed by atoms with Gasteiger partial charge in [0.25, 0.3) is 0 Å². The third-order valence-corrected chi connectivity index (χ3v) is 4.52. The predicted molar refractivity (Wildman–Crippen MR) is 83.8 cm³/mol. The number of halogens is 1. The summed E-state index contributed by atoms with van der Waals surface area (Å²) in [5, 5.41) is 3.07. The molecule has 0 unspecified atom stereocenters. The van der Waals surface area contributed by atoms with Crippen molar-refractivity contribution in [1.82, 2.24) is 5.32 Å². The molecule has 0 radical (unpaired) electrons. The van der Waals surface area contributed by atoms with Crippen molar-refractivity contribution in [3.05, 3.63) is 34.3 Å². The molecule has 0 saturated heterocycles. The summed E-state index contributed by atoms with van der Waals surface area (Å²) in [5.41, 5.74) is 0.834. The van der Waals surface area contributed by atoms with E-state index in [1.165, 1.54) is 0 Å². The van der Waals surface area contributed by atoms with E-state index in [0.29, 0.717) is 13.2 Å². The number of carbonyl (C=O) groups excluding carboxylic acids is 1. The Labute approximate surface area is 129 Å². The molecule has 2 rings (SSSR count). The van der Waals surface area contributed by atoms with Gasteiger partial charge in [0.1, 0.15) is 0 Å². The molecule has 0 spiro atoms. The van der Waals surface area contributed by atoms with Gasteiger partial charge in [0.05, 0.1) is 5.41 Å². The number of rotatable bonds is 7. The van der Waals surface area contributed by atoms with Gasteiger partial charge >= 0.3 is 0 Å². The number of nitrogens with one attached hydrogen (secondary N) is 1. The van der Waals surface area contributed by atoms with Crippen LogP contribution in [0.5, 0.6) is 0 Å². The van der Waals surface area contributed by atoms with Crippen molar-refractivity contribution in [1.29, 1.82) is 0 Å². The number of hydrogen-bond acceptors (Lipinski definition) is 2. The topological polar surface area (TPSA) is 38.3 Å². The molecule has 3 nitrogen and oxygen atoms in total. The van der Waals surface area contributed by atoms with Gasteiger partial charge in [0, 0.05) is 24.2 Å².